The lowest BCUT2D eigenvalue weighted by Crippen LogP contribution is -2.07. The van der Waals surface area contributed by atoms with Crippen molar-refractivity contribution < 1.29 is 5.11 Å². The number of nitrogens with zero attached hydrogens (tertiary/aromatic N) is 1. The van der Waals surface area contributed by atoms with Gasteiger partial charge in [0.05, 0.1) is 5.69 Å². The van der Waals surface area contributed by atoms with Gasteiger partial charge in [-0.3, -0.25) is 0 Å². The number of rotatable bonds is 3. The van der Waals surface area contributed by atoms with E-state index < -0.39 is 6.10 Å². The second kappa shape index (κ2) is 4.94. The molecule has 0 aliphatic carbocycles. The van der Waals surface area contributed by atoms with Gasteiger partial charge in [-0.05, 0) is 25.3 Å². The van der Waals surface area contributed by atoms with E-state index in [1.165, 1.54) is 5.56 Å². The maximum Gasteiger partial charge on any atom is 0.138 e. The third-order valence-electron chi connectivity index (χ3n) is 3.23. The number of hydrogen-bond donors (Lipinski definition) is 2. The van der Waals surface area contributed by atoms with Crippen molar-refractivity contribution in [1.29, 1.82) is 0 Å². The lowest BCUT2D eigenvalue weighted by Gasteiger charge is -2.12. The van der Waals surface area contributed by atoms with E-state index in [2.05, 4.69) is 23.0 Å². The molecule has 2 N–H and O–H groups in total. The van der Waals surface area contributed by atoms with Crippen LogP contribution in [-0.2, 0) is 0 Å². The van der Waals surface area contributed by atoms with Gasteiger partial charge in [0.2, 0.25) is 0 Å². The zero-order valence-electron chi connectivity index (χ0n) is 11.4. The molecule has 0 fully saturated rings. The molecule has 1 aromatic carbocycles. The highest BCUT2D eigenvalue weighted by Crippen LogP contribution is 2.27. The first-order valence-corrected chi connectivity index (χ1v) is 6.31. The molecule has 3 heteroatoms. The Balaban J connectivity index is 2.44. The van der Waals surface area contributed by atoms with Gasteiger partial charge in [0, 0.05) is 11.3 Å². The molecule has 0 spiro atoms. The third kappa shape index (κ3) is 2.31. The fourth-order valence-corrected chi connectivity index (χ4v) is 2.04. The maximum absolute atomic E-state index is 10.1. The third-order valence-corrected chi connectivity index (χ3v) is 3.23. The average Bonchev–Trinajstić information content (AvgIpc) is 2.70. The molecule has 0 saturated carbocycles. The van der Waals surface area contributed by atoms with E-state index in [1.54, 1.807) is 0 Å². The van der Waals surface area contributed by atoms with Crippen LogP contribution < -0.4 is 0 Å². The van der Waals surface area contributed by atoms with Crippen LogP contribution in [0.1, 0.15) is 36.9 Å². The van der Waals surface area contributed by atoms with Crippen molar-refractivity contribution in [3.05, 3.63) is 41.2 Å². The summed E-state index contributed by atoms with van der Waals surface area (Å²) in [5.74, 6) is 0.997. The van der Waals surface area contributed by atoms with Gasteiger partial charge in [0.25, 0.3) is 0 Å². The highest BCUT2D eigenvalue weighted by Gasteiger charge is 2.19. The summed E-state index contributed by atoms with van der Waals surface area (Å²) >= 11 is 0. The van der Waals surface area contributed by atoms with Crippen molar-refractivity contribution in [3.8, 4) is 11.4 Å². The number of aromatic amines is 1. The first kappa shape index (κ1) is 12.8. The van der Waals surface area contributed by atoms with E-state index in [9.17, 15) is 5.11 Å². The molecule has 1 atom stereocenters. The van der Waals surface area contributed by atoms with Crippen molar-refractivity contribution in [1.82, 2.24) is 9.97 Å². The largest absolute Gasteiger partial charge is 0.386 e. The van der Waals surface area contributed by atoms with Crippen LogP contribution in [0.2, 0.25) is 0 Å². The quantitative estimate of drug-likeness (QED) is 0.869. The number of hydrogen-bond acceptors (Lipinski definition) is 2. The number of aliphatic hydroxyl groups excluding tert-OH is 1. The second-order valence-electron chi connectivity index (χ2n) is 5.10. The monoisotopic (exact) mass is 244 g/mol. The number of aryl methyl sites for hydroxylation is 2. The summed E-state index contributed by atoms with van der Waals surface area (Å²) in [4.78, 5) is 7.82. The van der Waals surface area contributed by atoms with Crippen molar-refractivity contribution >= 4 is 0 Å². The molecule has 3 nitrogen and oxygen atoms in total. The Morgan fingerprint density at radius 1 is 1.17 bits per heavy atom. The SMILES string of the molecule is Cc1ccccc1-c1nc(C(O)C(C)C)c(C)[nH]1. The Morgan fingerprint density at radius 2 is 1.83 bits per heavy atom. The Bertz CT molecular complexity index is 543. The molecule has 0 saturated heterocycles. The molecule has 18 heavy (non-hydrogen) atoms. The molecular weight excluding hydrogens is 224 g/mol. The van der Waals surface area contributed by atoms with E-state index in [4.69, 9.17) is 0 Å². The van der Waals surface area contributed by atoms with Gasteiger partial charge in [-0.15, -0.1) is 0 Å². The second-order valence-corrected chi connectivity index (χ2v) is 5.10. The van der Waals surface area contributed by atoms with Crippen LogP contribution in [0.3, 0.4) is 0 Å². The van der Waals surface area contributed by atoms with Crippen LogP contribution in [0.4, 0.5) is 0 Å². The number of H-pyrrole nitrogens is 1. The summed E-state index contributed by atoms with van der Waals surface area (Å²) in [6, 6.07) is 8.11. The summed E-state index contributed by atoms with van der Waals surface area (Å²) < 4.78 is 0. The molecule has 1 heterocycles. The van der Waals surface area contributed by atoms with Gasteiger partial charge in [-0.25, -0.2) is 4.98 Å². The number of nitrogens with one attached hydrogen (secondary N) is 1. The Morgan fingerprint density at radius 3 is 2.44 bits per heavy atom. The number of aromatic nitrogens is 2. The molecule has 0 bridgehead atoms. The Kier molecular flexibility index (Phi) is 3.53. The molecule has 2 rings (SSSR count). The predicted octanol–water partition coefficient (Wildman–Crippen LogP) is 3.38. The molecule has 2 aromatic rings. The predicted molar refractivity (Wildman–Crippen MR) is 73.3 cm³/mol. The van der Waals surface area contributed by atoms with E-state index in [0.29, 0.717) is 0 Å². The summed E-state index contributed by atoms with van der Waals surface area (Å²) in [7, 11) is 0. The van der Waals surface area contributed by atoms with Crippen molar-refractivity contribution in [2.24, 2.45) is 5.92 Å². The summed E-state index contributed by atoms with van der Waals surface area (Å²) in [6.07, 6.45) is -0.515. The summed E-state index contributed by atoms with van der Waals surface area (Å²) in [5, 5.41) is 10.1. The van der Waals surface area contributed by atoms with Crippen LogP contribution in [0.5, 0.6) is 0 Å². The zero-order valence-corrected chi connectivity index (χ0v) is 11.4. The fourth-order valence-electron chi connectivity index (χ4n) is 2.04. The van der Waals surface area contributed by atoms with Crippen molar-refractivity contribution in [2.75, 3.05) is 0 Å². The summed E-state index contributed by atoms with van der Waals surface area (Å²) in [6.45, 7) is 8.00. The summed E-state index contributed by atoms with van der Waals surface area (Å²) in [5.41, 5.74) is 3.96. The fraction of sp³-hybridized carbons (Fsp3) is 0.400. The smallest absolute Gasteiger partial charge is 0.138 e. The number of benzene rings is 1. The molecule has 0 radical (unpaired) electrons. The van der Waals surface area contributed by atoms with Gasteiger partial charge in [-0.2, -0.15) is 0 Å². The van der Waals surface area contributed by atoms with Gasteiger partial charge in [0.15, 0.2) is 0 Å². The van der Waals surface area contributed by atoms with E-state index >= 15 is 0 Å². The molecule has 0 aliphatic rings. The lowest BCUT2D eigenvalue weighted by molar-refractivity contribution is 0.122. The van der Waals surface area contributed by atoms with Gasteiger partial charge >= 0.3 is 0 Å². The molecule has 0 aliphatic heterocycles. The van der Waals surface area contributed by atoms with Crippen LogP contribution in [0.15, 0.2) is 24.3 Å². The Hall–Kier alpha value is -1.61. The average molecular weight is 244 g/mol. The standard InChI is InChI=1S/C15H20N2O/c1-9(2)14(18)13-11(4)16-15(17-13)12-8-6-5-7-10(12)3/h5-9,14,18H,1-4H3,(H,16,17). The van der Waals surface area contributed by atoms with Crippen LogP contribution >= 0.6 is 0 Å². The maximum atomic E-state index is 10.1. The molecule has 1 unspecified atom stereocenters. The van der Waals surface area contributed by atoms with Crippen molar-refractivity contribution in [2.45, 2.75) is 33.8 Å². The van der Waals surface area contributed by atoms with Gasteiger partial charge < -0.3 is 10.1 Å². The first-order valence-electron chi connectivity index (χ1n) is 6.31. The number of aliphatic hydroxyl groups is 1. The molecule has 1 aromatic heterocycles. The van der Waals surface area contributed by atoms with Crippen molar-refractivity contribution in [3.63, 3.8) is 0 Å². The van der Waals surface area contributed by atoms with Gasteiger partial charge in [-0.1, -0.05) is 38.1 Å². The normalized spacial score (nSPS) is 13.0. The topological polar surface area (TPSA) is 48.9 Å². The van der Waals surface area contributed by atoms with E-state index in [1.807, 2.05) is 39.0 Å². The highest BCUT2D eigenvalue weighted by atomic mass is 16.3. The van der Waals surface area contributed by atoms with Gasteiger partial charge in [0.1, 0.15) is 11.9 Å². The lowest BCUT2D eigenvalue weighted by atomic mass is 10.0. The van der Waals surface area contributed by atoms with Crippen LogP contribution in [-0.4, -0.2) is 15.1 Å². The molecule has 96 valence electrons. The minimum atomic E-state index is -0.515. The minimum Gasteiger partial charge on any atom is -0.386 e. The van der Waals surface area contributed by atoms with E-state index in [-0.39, 0.29) is 5.92 Å². The minimum absolute atomic E-state index is 0.164. The number of imidazole rings is 1. The zero-order chi connectivity index (χ0) is 13.3. The Labute approximate surface area is 108 Å². The van der Waals surface area contributed by atoms with Crippen LogP contribution in [0.25, 0.3) is 11.4 Å². The van der Waals surface area contributed by atoms with E-state index in [0.717, 1.165) is 22.8 Å². The van der Waals surface area contributed by atoms with Crippen LogP contribution in [0, 0.1) is 19.8 Å². The molecular formula is C15H20N2O. The first-order chi connectivity index (χ1) is 8.50. The highest BCUT2D eigenvalue weighted by molar-refractivity contribution is 5.60. The molecule has 0 amide bonds.